The Kier molecular flexibility index (Phi) is 8.05. The van der Waals surface area contributed by atoms with Gasteiger partial charge in [-0.1, -0.05) is 176 Å². The van der Waals surface area contributed by atoms with Gasteiger partial charge in [-0.15, -0.1) is 0 Å². The molecular weight excluding hydrogens is 690 g/mol. The van der Waals surface area contributed by atoms with Crippen LogP contribution in [-0.2, 0) is 4.57 Å². The summed E-state index contributed by atoms with van der Waals surface area (Å²) in [6, 6.07) is 70.0. The molecular formula is C50H34N3OP. The van der Waals surface area contributed by atoms with Crippen molar-refractivity contribution < 1.29 is 4.57 Å². The molecule has 0 atom stereocenters. The van der Waals surface area contributed by atoms with Crippen LogP contribution in [0.15, 0.2) is 206 Å². The van der Waals surface area contributed by atoms with Gasteiger partial charge >= 0.3 is 0 Å². The van der Waals surface area contributed by atoms with Crippen molar-refractivity contribution in [3.63, 3.8) is 0 Å². The summed E-state index contributed by atoms with van der Waals surface area (Å²) in [6.07, 6.45) is 0. The van der Waals surface area contributed by atoms with Crippen LogP contribution in [0, 0.1) is 0 Å². The molecule has 8 aromatic carbocycles. The summed E-state index contributed by atoms with van der Waals surface area (Å²) in [5, 5.41) is 5.66. The Morgan fingerprint density at radius 1 is 0.418 bits per heavy atom. The lowest BCUT2D eigenvalue weighted by molar-refractivity contribution is 0.592. The molecule has 0 aliphatic heterocycles. The number of aromatic nitrogens is 3. The van der Waals surface area contributed by atoms with Crippen LogP contribution in [0.2, 0.25) is 0 Å². The summed E-state index contributed by atoms with van der Waals surface area (Å²) in [6.45, 7) is 0. The molecule has 0 aliphatic rings. The van der Waals surface area contributed by atoms with E-state index in [4.69, 9.17) is 9.97 Å². The third kappa shape index (κ3) is 5.58. The summed E-state index contributed by atoms with van der Waals surface area (Å²) in [5.41, 5.74) is 8.91. The van der Waals surface area contributed by atoms with E-state index in [2.05, 4.69) is 120 Å². The molecule has 0 fully saturated rings. The number of para-hydroxylation sites is 2. The predicted molar refractivity (Wildman–Crippen MR) is 230 cm³/mol. The lowest BCUT2D eigenvalue weighted by Crippen LogP contribution is -2.24. The van der Waals surface area contributed by atoms with Crippen molar-refractivity contribution in [3.8, 4) is 39.5 Å². The monoisotopic (exact) mass is 723 g/mol. The molecule has 10 aromatic rings. The van der Waals surface area contributed by atoms with E-state index in [0.717, 1.165) is 88.1 Å². The zero-order chi connectivity index (χ0) is 36.8. The fourth-order valence-electron chi connectivity index (χ4n) is 7.84. The van der Waals surface area contributed by atoms with E-state index in [1.54, 1.807) is 0 Å². The lowest BCUT2D eigenvalue weighted by Gasteiger charge is -2.20. The molecule has 0 unspecified atom stereocenters. The summed E-state index contributed by atoms with van der Waals surface area (Å²) in [7, 11) is -3.09. The lowest BCUT2D eigenvalue weighted by atomic mass is 9.96. The first-order valence-electron chi connectivity index (χ1n) is 18.4. The Balaban J connectivity index is 1.16. The zero-order valence-corrected chi connectivity index (χ0v) is 30.7. The van der Waals surface area contributed by atoms with Gasteiger partial charge in [0.1, 0.15) is 5.82 Å². The number of fused-ring (bicyclic) bond motifs is 5. The van der Waals surface area contributed by atoms with E-state index in [1.165, 1.54) is 0 Å². The van der Waals surface area contributed by atoms with Gasteiger partial charge in [-0.2, -0.15) is 0 Å². The molecule has 0 amide bonds. The van der Waals surface area contributed by atoms with Crippen LogP contribution in [0.3, 0.4) is 0 Å². The molecule has 10 rings (SSSR count). The van der Waals surface area contributed by atoms with Crippen molar-refractivity contribution in [2.24, 2.45) is 0 Å². The maximum absolute atomic E-state index is 15.0. The Labute approximate surface area is 319 Å². The van der Waals surface area contributed by atoms with Gasteiger partial charge in [0.2, 0.25) is 0 Å². The highest BCUT2D eigenvalue weighted by molar-refractivity contribution is 7.85. The van der Waals surface area contributed by atoms with Crippen molar-refractivity contribution >= 4 is 55.8 Å². The van der Waals surface area contributed by atoms with Crippen LogP contribution < -0.4 is 15.9 Å². The fourth-order valence-corrected chi connectivity index (χ4v) is 10.5. The Morgan fingerprint density at radius 2 is 0.982 bits per heavy atom. The second kappa shape index (κ2) is 13.5. The minimum atomic E-state index is -3.09. The van der Waals surface area contributed by atoms with Gasteiger partial charge in [0.15, 0.2) is 7.14 Å². The van der Waals surface area contributed by atoms with E-state index >= 15 is 4.57 Å². The molecule has 0 N–H and O–H groups in total. The second-order valence-corrected chi connectivity index (χ2v) is 16.5. The van der Waals surface area contributed by atoms with Crippen LogP contribution >= 0.6 is 7.14 Å². The fraction of sp³-hybridized carbons (Fsp3) is 0. The van der Waals surface area contributed by atoms with Crippen molar-refractivity contribution in [2.75, 3.05) is 0 Å². The number of hydrogen-bond acceptors (Lipinski definition) is 3. The summed E-state index contributed by atoms with van der Waals surface area (Å²) >= 11 is 0. The van der Waals surface area contributed by atoms with Gasteiger partial charge in [0.25, 0.3) is 0 Å². The van der Waals surface area contributed by atoms with Gasteiger partial charge in [-0.25, -0.2) is 9.97 Å². The van der Waals surface area contributed by atoms with Gasteiger partial charge in [0, 0.05) is 43.5 Å². The summed E-state index contributed by atoms with van der Waals surface area (Å²) in [5.74, 6) is 0.880. The molecule has 0 spiro atoms. The Bertz CT molecular complexity index is 2990. The maximum atomic E-state index is 15.0. The maximum Gasteiger partial charge on any atom is 0.171 e. The average molecular weight is 724 g/mol. The quantitative estimate of drug-likeness (QED) is 0.121. The number of pyridine rings is 1. The molecule has 0 aliphatic carbocycles. The molecule has 2 aromatic heterocycles. The normalized spacial score (nSPS) is 11.7. The molecule has 5 heteroatoms. The Morgan fingerprint density at radius 3 is 1.67 bits per heavy atom. The molecule has 55 heavy (non-hydrogen) atoms. The minimum Gasteiger partial charge on any atom is -0.309 e. The highest BCUT2D eigenvalue weighted by Gasteiger charge is 2.29. The number of benzene rings is 8. The minimum absolute atomic E-state index is 0.803. The van der Waals surface area contributed by atoms with Crippen LogP contribution in [0.4, 0.5) is 0 Å². The van der Waals surface area contributed by atoms with Gasteiger partial charge < -0.3 is 4.57 Å². The summed E-state index contributed by atoms with van der Waals surface area (Å²) < 4.78 is 17.3. The van der Waals surface area contributed by atoms with Crippen molar-refractivity contribution in [2.45, 2.75) is 0 Å². The van der Waals surface area contributed by atoms with E-state index in [1.807, 2.05) is 91.0 Å². The van der Waals surface area contributed by atoms with E-state index in [0.29, 0.717) is 0 Å². The van der Waals surface area contributed by atoms with E-state index < -0.39 is 7.14 Å². The first kappa shape index (κ1) is 32.8. The van der Waals surface area contributed by atoms with Crippen LogP contribution in [0.25, 0.3) is 72.2 Å². The first-order valence-corrected chi connectivity index (χ1v) is 20.1. The second-order valence-electron chi connectivity index (χ2n) is 13.7. The smallest absolute Gasteiger partial charge is 0.171 e. The first-order chi connectivity index (χ1) is 27.2. The standard InChI is InChI=1S/C50H34N3OP/c54-55(40-22-9-3-10-23-40,41-24-11-4-12-25-41)42-30-28-35(29-31-42)37-18-15-19-38(34-37)48-47-44(43-26-13-14-27-45(43)51-48)32-33-46-49(47)52-50(36-16-5-1-6-17-36)53(46)39-20-7-2-8-21-39/h1-34H. The van der Waals surface area contributed by atoms with Crippen molar-refractivity contribution in [1.29, 1.82) is 0 Å². The van der Waals surface area contributed by atoms with Crippen LogP contribution in [0.1, 0.15) is 0 Å². The average Bonchev–Trinajstić information content (AvgIpc) is 3.67. The third-order valence-electron chi connectivity index (χ3n) is 10.5. The highest BCUT2D eigenvalue weighted by Crippen LogP contribution is 2.43. The molecule has 0 saturated heterocycles. The van der Waals surface area contributed by atoms with Crippen LogP contribution in [-0.4, -0.2) is 14.5 Å². The van der Waals surface area contributed by atoms with Gasteiger partial charge in [0.05, 0.1) is 22.2 Å². The zero-order valence-electron chi connectivity index (χ0n) is 29.8. The number of imidazole rings is 1. The highest BCUT2D eigenvalue weighted by atomic mass is 31.2. The summed E-state index contributed by atoms with van der Waals surface area (Å²) in [4.78, 5) is 10.8. The predicted octanol–water partition coefficient (Wildman–Crippen LogP) is 11.4. The van der Waals surface area contributed by atoms with Gasteiger partial charge in [-0.05, 0) is 46.8 Å². The van der Waals surface area contributed by atoms with Crippen molar-refractivity contribution in [1.82, 2.24) is 14.5 Å². The van der Waals surface area contributed by atoms with E-state index in [9.17, 15) is 0 Å². The molecule has 0 radical (unpaired) electrons. The van der Waals surface area contributed by atoms with Crippen LogP contribution in [0.5, 0.6) is 0 Å². The Hall–Kier alpha value is -6.87. The topological polar surface area (TPSA) is 47.8 Å². The third-order valence-corrected chi connectivity index (χ3v) is 13.6. The van der Waals surface area contributed by atoms with Crippen molar-refractivity contribution in [3.05, 3.63) is 206 Å². The number of nitrogens with zero attached hydrogens (tertiary/aromatic N) is 3. The van der Waals surface area contributed by atoms with Gasteiger partial charge in [-0.3, -0.25) is 4.57 Å². The SMILES string of the molecule is O=P(c1ccccc1)(c1ccccc1)c1ccc(-c2cccc(-c3nc4ccccc4c4ccc5c(nc(-c6ccccc6)n5-c5ccccc5)c34)c2)cc1. The molecule has 2 heterocycles. The molecule has 260 valence electrons. The molecule has 0 saturated carbocycles. The molecule has 4 nitrogen and oxygen atoms in total. The molecule has 0 bridgehead atoms. The number of rotatable bonds is 7. The number of hydrogen-bond donors (Lipinski definition) is 0. The van der Waals surface area contributed by atoms with E-state index in [-0.39, 0.29) is 0 Å². The largest absolute Gasteiger partial charge is 0.309 e.